The van der Waals surface area contributed by atoms with Gasteiger partial charge in [-0.3, -0.25) is 0 Å². The fraction of sp³-hybridized carbons (Fsp3) is 0. The molecule has 0 rings (SSSR count). The Bertz CT molecular complexity index is 29.9. The zero-order valence-electron chi connectivity index (χ0n) is 2.51. The van der Waals surface area contributed by atoms with Crippen LogP contribution < -0.4 is 0 Å². The van der Waals surface area contributed by atoms with E-state index < -0.39 is 22.6 Å². The van der Waals surface area contributed by atoms with Crippen molar-refractivity contribution in [3.8, 4) is 0 Å². The first kappa shape index (κ1) is 9.98. The van der Waals surface area contributed by atoms with Gasteiger partial charge in [-0.05, 0) is 0 Å². The summed E-state index contributed by atoms with van der Waals surface area (Å²) in [5, 5.41) is 0. The fourth-order valence-electron chi connectivity index (χ4n) is 0. The van der Waals surface area contributed by atoms with Crippen molar-refractivity contribution in [2.45, 2.75) is 0 Å². The molecule has 0 heterocycles. The van der Waals surface area contributed by atoms with Gasteiger partial charge in [0.15, 0.2) is 0 Å². The molecule has 0 amide bonds. The van der Waals surface area contributed by atoms with Gasteiger partial charge < -0.3 is 0 Å². The van der Waals surface area contributed by atoms with Crippen molar-refractivity contribution in [2.75, 3.05) is 0 Å². The van der Waals surface area contributed by atoms with Crippen molar-refractivity contribution in [2.24, 2.45) is 0 Å². The molecule has 0 aliphatic heterocycles. The third-order valence-electron chi connectivity index (χ3n) is 0. The van der Waals surface area contributed by atoms with Gasteiger partial charge in [0.2, 0.25) is 0 Å². The van der Waals surface area contributed by atoms with Gasteiger partial charge in [0, 0.05) is 37.7 Å². The summed E-state index contributed by atoms with van der Waals surface area (Å²) in [5.74, 6) is 0. The van der Waals surface area contributed by atoms with E-state index in [0.717, 1.165) is 0 Å². The summed E-state index contributed by atoms with van der Waals surface area (Å²) in [5.41, 5.74) is 0. The SMILES string of the molecule is [Ca].[O]=[Zr]([OH])[OH]. The van der Waals surface area contributed by atoms with Crippen LogP contribution in [0.4, 0.5) is 0 Å². The molecule has 2 N–H and O–H groups in total. The molecule has 0 aliphatic rings. The molecule has 0 saturated carbocycles. The molecule has 0 spiro atoms. The Morgan fingerprint density at radius 3 is 1.40 bits per heavy atom. The molecule has 26 valence electrons. The topological polar surface area (TPSA) is 57.5 Å². The molecular formula is H2CaO3Zr. The molecule has 0 fully saturated rings. The Kier molecular flexibility index (Phi) is 11.7. The van der Waals surface area contributed by atoms with Crippen LogP contribution in [0.15, 0.2) is 0 Å². The maximum absolute atomic E-state index is 8.84. The molecule has 5 heavy (non-hydrogen) atoms. The van der Waals surface area contributed by atoms with Crippen LogP contribution in [-0.2, 0) is 25.4 Å². The van der Waals surface area contributed by atoms with Gasteiger partial charge in [0.25, 0.3) is 0 Å². The predicted molar refractivity (Wildman–Crippen MR) is 10.9 cm³/mol. The predicted octanol–water partition coefficient (Wildman–Crippen LogP) is -1.62. The van der Waals surface area contributed by atoms with Gasteiger partial charge in [-0.25, -0.2) is 0 Å². The van der Waals surface area contributed by atoms with Crippen LogP contribution in [-0.4, -0.2) is 44.1 Å². The Labute approximate surface area is 68.4 Å². The van der Waals surface area contributed by atoms with Gasteiger partial charge in [-0.2, -0.15) is 0 Å². The van der Waals surface area contributed by atoms with E-state index in [-0.39, 0.29) is 37.7 Å². The summed E-state index contributed by atoms with van der Waals surface area (Å²) < 4.78 is 23.3. The average molecular weight is 181 g/mol. The fourth-order valence-corrected chi connectivity index (χ4v) is 0. The molecule has 0 atom stereocenters. The van der Waals surface area contributed by atoms with E-state index in [1.54, 1.807) is 0 Å². The normalized spacial score (nSPS) is 5.20. The average Bonchev–Trinajstić information content (AvgIpc) is 0.811. The molecule has 0 bridgehead atoms. The number of hydrogen-bond donors (Lipinski definition) is 2. The quantitative estimate of drug-likeness (QED) is 0.442. The van der Waals surface area contributed by atoms with E-state index in [1.807, 2.05) is 0 Å². The first-order valence-corrected chi connectivity index (χ1v) is 3.85. The second-order valence-electron chi connectivity index (χ2n) is 0.283. The van der Waals surface area contributed by atoms with E-state index in [2.05, 4.69) is 0 Å². The third kappa shape index (κ3) is 25.2. The molecule has 0 aromatic rings. The van der Waals surface area contributed by atoms with Crippen molar-refractivity contribution in [1.29, 1.82) is 0 Å². The summed E-state index contributed by atoms with van der Waals surface area (Å²) >= 11 is -3.79. The van der Waals surface area contributed by atoms with E-state index in [4.69, 9.17) is 9.18 Å². The zero-order chi connectivity index (χ0) is 3.58. The number of hydrogen-bond acceptors (Lipinski definition) is 1. The third-order valence-corrected chi connectivity index (χ3v) is 0. The first-order chi connectivity index (χ1) is 1.73. The Balaban J connectivity index is 0. The van der Waals surface area contributed by atoms with Gasteiger partial charge in [0.05, 0.1) is 0 Å². The molecule has 0 unspecified atom stereocenters. The molecular weight excluding hydrogens is 179 g/mol. The molecule has 0 aliphatic carbocycles. The van der Waals surface area contributed by atoms with E-state index in [0.29, 0.717) is 0 Å². The Morgan fingerprint density at radius 2 is 1.40 bits per heavy atom. The minimum absolute atomic E-state index is 0. The van der Waals surface area contributed by atoms with Crippen molar-refractivity contribution < 1.29 is 31.8 Å². The van der Waals surface area contributed by atoms with Gasteiger partial charge in [-0.15, -0.1) is 0 Å². The molecule has 5 heteroatoms. The number of rotatable bonds is 0. The summed E-state index contributed by atoms with van der Waals surface area (Å²) in [4.78, 5) is 0. The van der Waals surface area contributed by atoms with Gasteiger partial charge in [0.1, 0.15) is 0 Å². The van der Waals surface area contributed by atoms with Gasteiger partial charge in [-0.1, -0.05) is 0 Å². The van der Waals surface area contributed by atoms with Crippen LogP contribution in [0.5, 0.6) is 0 Å². The standard InChI is InChI=1S/Ca.2H2O.O.Zr/h;2*1H2;;/q;;;;+2/p-2. The van der Waals surface area contributed by atoms with Crippen LogP contribution >= 0.6 is 0 Å². The van der Waals surface area contributed by atoms with Crippen molar-refractivity contribution in [1.82, 2.24) is 0 Å². The van der Waals surface area contributed by atoms with Crippen LogP contribution in [0, 0.1) is 0 Å². The van der Waals surface area contributed by atoms with E-state index in [9.17, 15) is 0 Å². The molecule has 0 aromatic heterocycles. The van der Waals surface area contributed by atoms with Gasteiger partial charge >= 0.3 is 31.8 Å². The second kappa shape index (κ2) is 5.86. The summed E-state index contributed by atoms with van der Waals surface area (Å²) in [6.45, 7) is 0. The Morgan fingerprint density at radius 1 is 1.40 bits per heavy atom. The van der Waals surface area contributed by atoms with Crippen molar-refractivity contribution >= 4 is 37.7 Å². The van der Waals surface area contributed by atoms with Crippen molar-refractivity contribution in [3.05, 3.63) is 0 Å². The maximum atomic E-state index is 8.84. The summed E-state index contributed by atoms with van der Waals surface area (Å²) in [6.07, 6.45) is 0. The molecule has 2 radical (unpaired) electrons. The van der Waals surface area contributed by atoms with E-state index in [1.165, 1.54) is 0 Å². The zero-order valence-corrected chi connectivity index (χ0v) is 7.18. The second-order valence-corrected chi connectivity index (χ2v) is 1.67. The summed E-state index contributed by atoms with van der Waals surface area (Å²) in [7, 11) is 0. The molecule has 0 aromatic carbocycles. The van der Waals surface area contributed by atoms with Crippen LogP contribution in [0.1, 0.15) is 0 Å². The monoisotopic (exact) mass is 180 g/mol. The van der Waals surface area contributed by atoms with Crippen LogP contribution in [0.25, 0.3) is 0 Å². The summed E-state index contributed by atoms with van der Waals surface area (Å²) in [6, 6.07) is 0. The van der Waals surface area contributed by atoms with Crippen LogP contribution in [0.3, 0.4) is 0 Å². The molecule has 0 saturated heterocycles. The Hall–Kier alpha value is 1.86. The molecule has 3 nitrogen and oxygen atoms in total. The van der Waals surface area contributed by atoms with Crippen molar-refractivity contribution in [3.63, 3.8) is 0 Å². The first-order valence-electron chi connectivity index (χ1n) is 0.651. The minimum atomic E-state index is -3.79. The van der Waals surface area contributed by atoms with E-state index >= 15 is 0 Å². The van der Waals surface area contributed by atoms with Crippen LogP contribution in [0.2, 0.25) is 0 Å².